The number of nitrogen functional groups attached to an aromatic ring is 1. The second-order valence-electron chi connectivity index (χ2n) is 10.4. The van der Waals surface area contributed by atoms with E-state index < -0.39 is 6.10 Å². The van der Waals surface area contributed by atoms with Crippen molar-refractivity contribution in [2.75, 3.05) is 58.4 Å². The van der Waals surface area contributed by atoms with Crippen LogP contribution in [-0.2, 0) is 4.79 Å². The van der Waals surface area contributed by atoms with E-state index in [-0.39, 0.29) is 17.9 Å². The fourth-order valence-electron chi connectivity index (χ4n) is 4.61. The van der Waals surface area contributed by atoms with Crippen LogP contribution in [0.4, 0.5) is 17.3 Å². The average molecular weight is 578 g/mol. The highest BCUT2D eigenvalue weighted by atomic mass is 16.5. The number of hydrogen-bond donors (Lipinski definition) is 4. The molecule has 42 heavy (non-hydrogen) atoms. The maximum atomic E-state index is 12.6. The van der Waals surface area contributed by atoms with Crippen LogP contribution in [-0.4, -0.2) is 96.3 Å². The van der Waals surface area contributed by atoms with Gasteiger partial charge in [-0.25, -0.2) is 9.97 Å². The van der Waals surface area contributed by atoms with Gasteiger partial charge >= 0.3 is 0 Å². The Bertz CT molecular complexity index is 1390. The summed E-state index contributed by atoms with van der Waals surface area (Å²) in [7, 11) is 5.41. The summed E-state index contributed by atoms with van der Waals surface area (Å²) in [6.07, 6.45) is 1.90. The number of nitrogens with two attached hydrogens (primary N) is 1. The molecule has 0 unspecified atom stereocenters. The lowest BCUT2D eigenvalue weighted by Gasteiger charge is -2.33. The van der Waals surface area contributed by atoms with Crippen LogP contribution < -0.4 is 25.8 Å². The molecule has 12 heteroatoms. The van der Waals surface area contributed by atoms with Crippen molar-refractivity contribution >= 4 is 29.1 Å². The highest BCUT2D eigenvalue weighted by molar-refractivity contribution is 5.97. The van der Waals surface area contributed by atoms with E-state index in [0.29, 0.717) is 72.6 Å². The molecule has 1 aromatic heterocycles. The zero-order valence-corrected chi connectivity index (χ0v) is 24.5. The first-order valence-corrected chi connectivity index (χ1v) is 13.9. The molecule has 2 aromatic carbocycles. The van der Waals surface area contributed by atoms with Crippen molar-refractivity contribution in [1.82, 2.24) is 25.1 Å². The first-order chi connectivity index (χ1) is 20.1. The lowest BCUT2D eigenvalue weighted by molar-refractivity contribution is -0.141. The van der Waals surface area contributed by atoms with Crippen molar-refractivity contribution in [2.24, 2.45) is 0 Å². The Balaban J connectivity index is 1.40. The van der Waals surface area contributed by atoms with Crippen LogP contribution in [0, 0.1) is 0 Å². The third kappa shape index (κ3) is 7.86. The molecule has 0 saturated carbocycles. The molecule has 4 rings (SSSR count). The number of likely N-dealkylation sites (tertiary alicyclic amines) is 1. The number of ether oxygens (including phenoxy) is 2. The Kier molecular flexibility index (Phi) is 10.2. The molecule has 12 nitrogen and oxygen atoms in total. The van der Waals surface area contributed by atoms with E-state index in [1.807, 2.05) is 31.1 Å². The van der Waals surface area contributed by atoms with E-state index in [1.165, 1.54) is 14.0 Å². The van der Waals surface area contributed by atoms with Gasteiger partial charge < -0.3 is 40.7 Å². The van der Waals surface area contributed by atoms with Crippen molar-refractivity contribution in [3.63, 3.8) is 0 Å². The quantitative estimate of drug-likeness (QED) is 0.250. The zero-order chi connectivity index (χ0) is 30.2. The van der Waals surface area contributed by atoms with Crippen molar-refractivity contribution in [2.45, 2.75) is 32.0 Å². The smallest absolute Gasteiger partial charge is 0.255 e. The van der Waals surface area contributed by atoms with E-state index in [2.05, 4.69) is 20.6 Å². The monoisotopic (exact) mass is 577 g/mol. The highest BCUT2D eigenvalue weighted by Gasteiger charge is 2.26. The van der Waals surface area contributed by atoms with Crippen LogP contribution in [0.2, 0.25) is 0 Å². The Labute approximate surface area is 245 Å². The maximum absolute atomic E-state index is 12.6. The predicted molar refractivity (Wildman–Crippen MR) is 161 cm³/mol. The topological polar surface area (TPSA) is 155 Å². The van der Waals surface area contributed by atoms with Gasteiger partial charge in [-0.2, -0.15) is 0 Å². The number of carbonyl (C=O) groups is 2. The van der Waals surface area contributed by atoms with E-state index in [0.717, 1.165) is 12.1 Å². The summed E-state index contributed by atoms with van der Waals surface area (Å²) in [5.74, 6) is 0.910. The van der Waals surface area contributed by atoms with Gasteiger partial charge in [0, 0.05) is 62.5 Å². The molecular weight excluding hydrogens is 538 g/mol. The number of anilines is 3. The molecule has 1 aliphatic rings. The van der Waals surface area contributed by atoms with Crippen molar-refractivity contribution in [3.05, 3.63) is 54.2 Å². The summed E-state index contributed by atoms with van der Waals surface area (Å²) in [6, 6.07) is 12.5. The molecule has 1 saturated heterocycles. The number of nitrogens with one attached hydrogen (secondary N) is 2. The number of carbonyl (C=O) groups excluding carboxylic acids is 2. The van der Waals surface area contributed by atoms with Crippen LogP contribution in [0.25, 0.3) is 11.3 Å². The van der Waals surface area contributed by atoms with Gasteiger partial charge in [0.05, 0.1) is 24.1 Å². The fourth-order valence-corrected chi connectivity index (χ4v) is 4.61. The summed E-state index contributed by atoms with van der Waals surface area (Å²) in [4.78, 5) is 37.2. The number of aromatic nitrogens is 2. The van der Waals surface area contributed by atoms with E-state index in [9.17, 15) is 14.7 Å². The van der Waals surface area contributed by atoms with Crippen molar-refractivity contribution in [1.29, 1.82) is 0 Å². The van der Waals surface area contributed by atoms with E-state index in [1.54, 1.807) is 41.4 Å². The largest absolute Gasteiger partial charge is 0.496 e. The SMILES string of the molecule is COc1cc(Nc2nccc(-c3ccc(OC4CCN(C(=O)[C@H](C)O)CC4)c(N)c3)n2)ccc1C(=O)NCCN(C)C. The molecular formula is C30H39N7O5. The molecule has 0 spiro atoms. The van der Waals surface area contributed by atoms with Gasteiger partial charge in [0.1, 0.15) is 23.7 Å². The lowest BCUT2D eigenvalue weighted by atomic mass is 10.1. The lowest BCUT2D eigenvalue weighted by Crippen LogP contribution is -2.45. The van der Waals surface area contributed by atoms with Gasteiger partial charge in [-0.15, -0.1) is 0 Å². The van der Waals surface area contributed by atoms with Gasteiger partial charge in [0.15, 0.2) is 0 Å². The number of rotatable bonds is 11. The van der Waals surface area contributed by atoms with Gasteiger partial charge in [0.2, 0.25) is 5.95 Å². The van der Waals surface area contributed by atoms with Crippen molar-refractivity contribution in [3.8, 4) is 22.8 Å². The zero-order valence-electron chi connectivity index (χ0n) is 24.5. The number of piperidine rings is 1. The number of amides is 2. The number of aliphatic hydroxyl groups excluding tert-OH is 1. The molecule has 3 aromatic rings. The van der Waals surface area contributed by atoms with Crippen LogP contribution in [0.15, 0.2) is 48.7 Å². The van der Waals surface area contributed by atoms with Crippen LogP contribution in [0.5, 0.6) is 11.5 Å². The molecule has 1 aliphatic heterocycles. The summed E-state index contributed by atoms with van der Waals surface area (Å²) in [6.45, 7) is 3.80. The average Bonchev–Trinajstić information content (AvgIpc) is 2.98. The molecule has 0 aliphatic carbocycles. The molecule has 1 atom stereocenters. The van der Waals surface area contributed by atoms with Gasteiger partial charge in [-0.3, -0.25) is 9.59 Å². The van der Waals surface area contributed by atoms with Crippen LogP contribution in [0.1, 0.15) is 30.1 Å². The molecule has 224 valence electrons. The third-order valence-electron chi connectivity index (χ3n) is 6.91. The van der Waals surface area contributed by atoms with Crippen LogP contribution >= 0.6 is 0 Å². The van der Waals surface area contributed by atoms with Crippen molar-refractivity contribution < 1.29 is 24.2 Å². The number of aliphatic hydroxyl groups is 1. The summed E-state index contributed by atoms with van der Waals surface area (Å²) in [5.41, 5.74) is 9.38. The molecule has 0 radical (unpaired) electrons. The number of likely N-dealkylation sites (N-methyl/N-ethyl adjacent to an activating group) is 1. The third-order valence-corrected chi connectivity index (χ3v) is 6.91. The number of nitrogens with zero attached hydrogens (tertiary/aromatic N) is 4. The first-order valence-electron chi connectivity index (χ1n) is 13.9. The Morgan fingerprint density at radius 1 is 1.14 bits per heavy atom. The Hall–Kier alpha value is -4.42. The van der Waals surface area contributed by atoms with E-state index >= 15 is 0 Å². The summed E-state index contributed by atoms with van der Waals surface area (Å²) in [5, 5.41) is 15.6. The van der Waals surface area contributed by atoms with Crippen LogP contribution in [0.3, 0.4) is 0 Å². The minimum Gasteiger partial charge on any atom is -0.496 e. The second kappa shape index (κ2) is 14.0. The molecule has 2 amide bonds. The summed E-state index contributed by atoms with van der Waals surface area (Å²) < 4.78 is 11.6. The standard InChI is InChI=1S/C30H39N7O5/c1-19(38)29(40)37-14-10-22(11-15-37)42-26-8-5-20(17-24(26)31)25-9-12-33-30(35-25)34-21-6-7-23(27(18-21)41-4)28(39)32-13-16-36(2)3/h5-9,12,17-19,22,38H,10-11,13-16,31H2,1-4H3,(H,32,39)(H,33,34,35)/t19-/m0/s1. The molecule has 1 fully saturated rings. The predicted octanol–water partition coefficient (Wildman–Crippen LogP) is 2.52. The van der Waals surface area contributed by atoms with E-state index in [4.69, 9.17) is 15.2 Å². The van der Waals surface area contributed by atoms with Gasteiger partial charge in [-0.05, 0) is 57.4 Å². The minimum atomic E-state index is -0.997. The normalized spacial score (nSPS) is 14.4. The number of hydrogen-bond acceptors (Lipinski definition) is 10. The van der Waals surface area contributed by atoms with Gasteiger partial charge in [-0.1, -0.05) is 0 Å². The highest BCUT2D eigenvalue weighted by Crippen LogP contribution is 2.31. The Morgan fingerprint density at radius 3 is 2.57 bits per heavy atom. The Morgan fingerprint density at radius 2 is 1.90 bits per heavy atom. The molecule has 0 bridgehead atoms. The summed E-state index contributed by atoms with van der Waals surface area (Å²) >= 11 is 0. The fraction of sp³-hybridized carbons (Fsp3) is 0.400. The number of benzene rings is 2. The minimum absolute atomic E-state index is 0.0708. The molecule has 5 N–H and O–H groups in total. The van der Waals surface area contributed by atoms with Gasteiger partial charge in [0.25, 0.3) is 11.8 Å². The second-order valence-corrected chi connectivity index (χ2v) is 10.4. The first kappa shape index (κ1) is 30.5. The maximum Gasteiger partial charge on any atom is 0.255 e. The number of methoxy groups -OCH3 is 1. The molecule has 2 heterocycles.